The first-order valence-corrected chi connectivity index (χ1v) is 27.1. The minimum atomic E-state index is -0.831. The van der Waals surface area contributed by atoms with E-state index in [0.717, 1.165) is 77.0 Å². The fourth-order valence-electron chi connectivity index (χ4n) is 7.32. The van der Waals surface area contributed by atoms with E-state index in [1.54, 1.807) is 0 Å². The molecule has 3 atom stereocenters. The van der Waals surface area contributed by atoms with Crippen molar-refractivity contribution >= 4 is 11.9 Å². The van der Waals surface area contributed by atoms with Crippen LogP contribution < -0.4 is 5.32 Å². The van der Waals surface area contributed by atoms with Crippen molar-refractivity contribution in [3.8, 4) is 0 Å². The minimum absolute atomic E-state index is 0.0140. The maximum atomic E-state index is 13.2. The Balaban J connectivity index is 4.84. The third kappa shape index (κ3) is 48.2. The van der Waals surface area contributed by atoms with Gasteiger partial charge in [0.05, 0.1) is 25.2 Å². The molecule has 0 rings (SSSR count). The van der Waals surface area contributed by atoms with E-state index < -0.39 is 18.2 Å². The Morgan fingerprint density at radius 1 is 0.456 bits per heavy atom. The fraction of sp³-hybridized carbons (Fsp3) is 0.581. The van der Waals surface area contributed by atoms with Crippen LogP contribution in [0.3, 0.4) is 0 Å². The molecule has 0 radical (unpaired) electrons. The van der Waals surface area contributed by atoms with E-state index in [4.69, 9.17) is 4.74 Å². The smallest absolute Gasteiger partial charge is 0.306 e. The predicted molar refractivity (Wildman–Crippen MR) is 295 cm³/mol. The highest BCUT2D eigenvalue weighted by molar-refractivity contribution is 5.77. The van der Waals surface area contributed by atoms with Gasteiger partial charge in [-0.2, -0.15) is 0 Å². The normalized spacial score (nSPS) is 14.4. The molecule has 0 fully saturated rings. The van der Waals surface area contributed by atoms with Crippen LogP contribution in [0.5, 0.6) is 0 Å². The molecule has 0 saturated carbocycles. The summed E-state index contributed by atoms with van der Waals surface area (Å²) in [7, 11) is 0. The summed E-state index contributed by atoms with van der Waals surface area (Å²) in [4.78, 5) is 26.2. The molecule has 382 valence electrons. The maximum Gasteiger partial charge on any atom is 0.306 e. The molecule has 0 aromatic carbocycles. The summed E-state index contributed by atoms with van der Waals surface area (Å²) >= 11 is 0. The molecule has 0 spiro atoms. The van der Waals surface area contributed by atoms with Gasteiger partial charge in [0.2, 0.25) is 5.91 Å². The molecule has 68 heavy (non-hydrogen) atoms. The standard InChI is InChI=1S/C62H99NO5/c1-4-7-10-13-16-19-22-25-28-29-30-31-34-37-40-43-46-49-52-55-62(67)68-58(53-50-47-44-41-38-35-32-26-23-20-17-14-11-8-5-2)56-61(66)63-59(57-64)60(65)54-51-48-45-42-39-36-33-27-24-21-18-15-12-9-6-3/h7-8,10-11,14,16-17,19-20,23,25-26,28,30-32,35,37-38,40-41,44,46,49,58-60,64-65H,4-6,9,12-13,15,18,21-22,24,27,29,33-34,36,39,42-43,45,47-48,50-57H2,1-3H3,(H,63,66)/b10-7-,11-8-,17-14+,19-16-,23-20+,28-25-,31-30-,32-26-,38-35+,40-37-,44-41+,49-46-. The van der Waals surface area contributed by atoms with Crippen molar-refractivity contribution in [2.75, 3.05) is 6.61 Å². The molecule has 6 nitrogen and oxygen atoms in total. The fourth-order valence-corrected chi connectivity index (χ4v) is 7.32. The number of unbranched alkanes of at least 4 members (excludes halogenated alkanes) is 15. The lowest BCUT2D eigenvalue weighted by Crippen LogP contribution is -2.46. The van der Waals surface area contributed by atoms with Gasteiger partial charge in [-0.05, 0) is 77.0 Å². The van der Waals surface area contributed by atoms with Gasteiger partial charge in [0.25, 0.3) is 0 Å². The third-order valence-electron chi connectivity index (χ3n) is 11.3. The Kier molecular flexibility index (Phi) is 50.3. The van der Waals surface area contributed by atoms with E-state index in [-0.39, 0.29) is 31.3 Å². The van der Waals surface area contributed by atoms with Crippen LogP contribution in [0.15, 0.2) is 146 Å². The first kappa shape index (κ1) is 63.7. The predicted octanol–water partition coefficient (Wildman–Crippen LogP) is 16.8. The summed E-state index contributed by atoms with van der Waals surface area (Å²) in [6.07, 6.45) is 77.7. The van der Waals surface area contributed by atoms with Crippen molar-refractivity contribution in [2.24, 2.45) is 0 Å². The second-order valence-electron chi connectivity index (χ2n) is 17.7. The zero-order valence-corrected chi connectivity index (χ0v) is 43.4. The summed E-state index contributed by atoms with van der Waals surface area (Å²) in [5, 5.41) is 23.8. The lowest BCUT2D eigenvalue weighted by Gasteiger charge is -2.24. The molecule has 6 heteroatoms. The van der Waals surface area contributed by atoms with Crippen molar-refractivity contribution in [1.29, 1.82) is 0 Å². The van der Waals surface area contributed by atoms with Gasteiger partial charge in [-0.25, -0.2) is 0 Å². The van der Waals surface area contributed by atoms with Gasteiger partial charge in [0.15, 0.2) is 0 Å². The topological polar surface area (TPSA) is 95.9 Å². The van der Waals surface area contributed by atoms with Crippen LogP contribution in [0.25, 0.3) is 0 Å². The number of aliphatic hydroxyl groups is 2. The van der Waals surface area contributed by atoms with Crippen LogP contribution in [-0.4, -0.2) is 46.9 Å². The van der Waals surface area contributed by atoms with Gasteiger partial charge < -0.3 is 20.3 Å². The molecule has 0 aromatic heterocycles. The summed E-state index contributed by atoms with van der Waals surface area (Å²) in [6, 6.07) is -0.753. The molecule has 0 aliphatic heterocycles. The van der Waals surface area contributed by atoms with E-state index in [0.29, 0.717) is 19.3 Å². The first-order valence-electron chi connectivity index (χ1n) is 27.1. The molecule has 0 aliphatic carbocycles. The average Bonchev–Trinajstić information content (AvgIpc) is 3.33. The monoisotopic (exact) mass is 938 g/mol. The average molecular weight is 938 g/mol. The second-order valence-corrected chi connectivity index (χ2v) is 17.7. The Hall–Kier alpha value is -4.26. The number of esters is 1. The number of ether oxygens (including phenoxy) is 1. The maximum absolute atomic E-state index is 13.2. The number of aliphatic hydroxyl groups excluding tert-OH is 2. The van der Waals surface area contributed by atoms with Crippen LogP contribution in [-0.2, 0) is 14.3 Å². The molecule has 3 unspecified atom stereocenters. The van der Waals surface area contributed by atoms with Crippen molar-refractivity contribution < 1.29 is 24.5 Å². The molecule has 0 aliphatic rings. The molecule has 0 heterocycles. The van der Waals surface area contributed by atoms with Gasteiger partial charge in [0, 0.05) is 6.42 Å². The quantitative estimate of drug-likeness (QED) is 0.0245. The van der Waals surface area contributed by atoms with Crippen LogP contribution in [0.1, 0.15) is 207 Å². The third-order valence-corrected chi connectivity index (χ3v) is 11.3. The highest BCUT2D eigenvalue weighted by Crippen LogP contribution is 2.16. The van der Waals surface area contributed by atoms with Crippen LogP contribution in [0.2, 0.25) is 0 Å². The number of nitrogens with one attached hydrogen (secondary N) is 1. The number of allylic oxidation sites excluding steroid dienone is 24. The number of carbonyl (C=O) groups is 2. The van der Waals surface area contributed by atoms with E-state index in [1.807, 2.05) is 66.8 Å². The number of carbonyl (C=O) groups excluding carboxylic acids is 2. The van der Waals surface area contributed by atoms with Crippen molar-refractivity contribution in [3.05, 3.63) is 146 Å². The van der Waals surface area contributed by atoms with E-state index in [2.05, 4.69) is 105 Å². The van der Waals surface area contributed by atoms with Gasteiger partial charge in [-0.3, -0.25) is 9.59 Å². The number of amides is 1. The lowest BCUT2D eigenvalue weighted by molar-refractivity contribution is -0.150. The summed E-state index contributed by atoms with van der Waals surface area (Å²) in [5.41, 5.74) is 0. The number of rotatable bonds is 46. The molecular weight excluding hydrogens is 839 g/mol. The van der Waals surface area contributed by atoms with Crippen LogP contribution in [0, 0.1) is 0 Å². The van der Waals surface area contributed by atoms with E-state index >= 15 is 0 Å². The Bertz CT molecular complexity index is 1520. The first-order chi connectivity index (χ1) is 33.5. The van der Waals surface area contributed by atoms with Crippen LogP contribution >= 0.6 is 0 Å². The SMILES string of the molecule is CC\C=C/C=C/C=C/C=C\C=C\C=C\CCCC(CC(=O)NC(CO)C(O)CCCCCCCCCCCCCCCCC)OC(=O)CC/C=C\C/C=C\C/C=C\C/C=C\C/C=C\C/C=C\CC. The largest absolute Gasteiger partial charge is 0.462 e. The van der Waals surface area contributed by atoms with E-state index in [1.165, 1.54) is 77.0 Å². The van der Waals surface area contributed by atoms with Crippen molar-refractivity contribution in [3.63, 3.8) is 0 Å². The van der Waals surface area contributed by atoms with Crippen molar-refractivity contribution in [2.45, 2.75) is 225 Å². The molecule has 1 amide bonds. The lowest BCUT2D eigenvalue weighted by atomic mass is 10.0. The van der Waals surface area contributed by atoms with Crippen LogP contribution in [0.4, 0.5) is 0 Å². The van der Waals surface area contributed by atoms with Crippen molar-refractivity contribution in [1.82, 2.24) is 5.32 Å². The van der Waals surface area contributed by atoms with Gasteiger partial charge >= 0.3 is 5.97 Å². The highest BCUT2D eigenvalue weighted by Gasteiger charge is 2.23. The zero-order valence-electron chi connectivity index (χ0n) is 43.4. The molecule has 0 saturated heterocycles. The molecule has 3 N–H and O–H groups in total. The summed E-state index contributed by atoms with van der Waals surface area (Å²) in [6.45, 7) is 6.18. The Morgan fingerprint density at radius 3 is 1.32 bits per heavy atom. The molecule has 0 aromatic rings. The summed E-state index contributed by atoms with van der Waals surface area (Å²) in [5.74, 6) is -0.664. The zero-order chi connectivity index (χ0) is 49.5. The Labute approximate surface area is 417 Å². The van der Waals surface area contributed by atoms with E-state index in [9.17, 15) is 19.8 Å². The molecule has 0 bridgehead atoms. The minimum Gasteiger partial charge on any atom is -0.462 e. The Morgan fingerprint density at radius 2 is 0.868 bits per heavy atom. The van der Waals surface area contributed by atoms with Gasteiger partial charge in [-0.15, -0.1) is 0 Å². The number of hydrogen-bond donors (Lipinski definition) is 3. The van der Waals surface area contributed by atoms with Gasteiger partial charge in [0.1, 0.15) is 6.10 Å². The summed E-state index contributed by atoms with van der Waals surface area (Å²) < 4.78 is 5.86. The number of hydrogen-bond acceptors (Lipinski definition) is 5. The molecular formula is C62H99NO5. The second kappa shape index (κ2) is 53.7. The highest BCUT2D eigenvalue weighted by atomic mass is 16.5. The van der Waals surface area contributed by atoms with Gasteiger partial charge in [-0.1, -0.05) is 263 Å².